The van der Waals surface area contributed by atoms with Crippen LogP contribution in [0.15, 0.2) is 29.3 Å². The van der Waals surface area contributed by atoms with E-state index in [9.17, 15) is 4.79 Å². The van der Waals surface area contributed by atoms with Crippen molar-refractivity contribution >= 4 is 29.2 Å². The molecule has 2 N–H and O–H groups in total. The number of rotatable bonds is 4. The van der Waals surface area contributed by atoms with Crippen LogP contribution in [0, 0.1) is 5.41 Å². The Bertz CT molecular complexity index is 633. The molecule has 1 aliphatic heterocycles. The molecule has 0 aromatic heterocycles. The number of hydrogen-bond donors (Lipinski definition) is 2. The fourth-order valence-corrected chi connectivity index (χ4v) is 3.07. The van der Waals surface area contributed by atoms with Gasteiger partial charge in [-0.2, -0.15) is 0 Å². The minimum Gasteiger partial charge on any atom is -0.367 e. The summed E-state index contributed by atoms with van der Waals surface area (Å²) in [5.41, 5.74) is 0.720. The molecule has 0 saturated carbocycles. The predicted octanol–water partition coefficient (Wildman–Crippen LogP) is 2.20. The van der Waals surface area contributed by atoms with Crippen LogP contribution in [0.4, 0.5) is 5.69 Å². The highest BCUT2D eigenvalue weighted by atomic mass is 35.5. The number of aliphatic imine (C=N–C) groups is 1. The van der Waals surface area contributed by atoms with Gasteiger partial charge in [0.1, 0.15) is 0 Å². The van der Waals surface area contributed by atoms with Gasteiger partial charge in [0.25, 0.3) is 0 Å². The monoisotopic (exact) mass is 379 g/mol. The van der Waals surface area contributed by atoms with E-state index in [0.717, 1.165) is 42.8 Å². The van der Waals surface area contributed by atoms with Gasteiger partial charge in [0.05, 0.1) is 10.7 Å². The highest BCUT2D eigenvalue weighted by molar-refractivity contribution is 6.33. The van der Waals surface area contributed by atoms with Crippen LogP contribution in [0.3, 0.4) is 0 Å². The normalized spacial score (nSPS) is 15.8. The van der Waals surface area contributed by atoms with Crippen LogP contribution in [0.5, 0.6) is 0 Å². The van der Waals surface area contributed by atoms with Crippen molar-refractivity contribution in [3.63, 3.8) is 0 Å². The lowest BCUT2D eigenvalue weighted by atomic mass is 9.96. The second-order valence-electron chi connectivity index (χ2n) is 7.41. The average molecular weight is 380 g/mol. The summed E-state index contributed by atoms with van der Waals surface area (Å²) in [6.07, 6.45) is 0. The predicted molar refractivity (Wildman–Crippen MR) is 109 cm³/mol. The Labute approximate surface area is 161 Å². The molecular weight excluding hydrogens is 350 g/mol. The Morgan fingerprint density at radius 2 is 1.73 bits per heavy atom. The van der Waals surface area contributed by atoms with Crippen molar-refractivity contribution < 1.29 is 4.79 Å². The summed E-state index contributed by atoms with van der Waals surface area (Å²) in [4.78, 5) is 20.8. The van der Waals surface area contributed by atoms with E-state index in [1.807, 2.05) is 39.0 Å². The van der Waals surface area contributed by atoms with E-state index >= 15 is 0 Å². The van der Waals surface area contributed by atoms with Gasteiger partial charge in [-0.15, -0.1) is 0 Å². The Kier molecular flexibility index (Phi) is 7.14. The number of nitrogens with zero attached hydrogens (tertiary/aromatic N) is 3. The Hall–Kier alpha value is -1.95. The molecule has 26 heavy (non-hydrogen) atoms. The summed E-state index contributed by atoms with van der Waals surface area (Å²) in [7, 11) is 1.79. The van der Waals surface area contributed by atoms with E-state index in [4.69, 9.17) is 11.6 Å². The first-order valence-corrected chi connectivity index (χ1v) is 9.44. The van der Waals surface area contributed by atoms with Crippen molar-refractivity contribution in [2.45, 2.75) is 20.8 Å². The molecular formula is C19H30ClN5O. The average Bonchev–Trinajstić information content (AvgIpc) is 2.61. The second-order valence-corrected chi connectivity index (χ2v) is 7.81. The van der Waals surface area contributed by atoms with Gasteiger partial charge in [-0.3, -0.25) is 9.79 Å². The number of piperazine rings is 1. The number of halogens is 1. The van der Waals surface area contributed by atoms with Crippen LogP contribution in [0.25, 0.3) is 0 Å². The summed E-state index contributed by atoms with van der Waals surface area (Å²) >= 11 is 6.30. The fourth-order valence-electron chi connectivity index (χ4n) is 2.82. The van der Waals surface area contributed by atoms with Crippen LogP contribution in [0.2, 0.25) is 5.02 Å². The molecule has 0 aliphatic carbocycles. The van der Waals surface area contributed by atoms with Gasteiger partial charge in [-0.05, 0) is 12.1 Å². The smallest absolute Gasteiger partial charge is 0.225 e. The minimum absolute atomic E-state index is 0.0580. The van der Waals surface area contributed by atoms with Crippen molar-refractivity contribution in [3.8, 4) is 0 Å². The maximum Gasteiger partial charge on any atom is 0.225 e. The quantitative estimate of drug-likeness (QED) is 0.478. The van der Waals surface area contributed by atoms with Crippen molar-refractivity contribution in [2.75, 3.05) is 51.2 Å². The van der Waals surface area contributed by atoms with E-state index in [-0.39, 0.29) is 11.3 Å². The molecule has 2 rings (SSSR count). The second kappa shape index (κ2) is 9.12. The van der Waals surface area contributed by atoms with Crippen molar-refractivity contribution in [1.82, 2.24) is 15.5 Å². The van der Waals surface area contributed by atoms with E-state index in [1.54, 1.807) is 7.05 Å². The maximum absolute atomic E-state index is 11.9. The first-order valence-electron chi connectivity index (χ1n) is 9.06. The van der Waals surface area contributed by atoms with Gasteiger partial charge < -0.3 is 20.4 Å². The number of amides is 1. The summed E-state index contributed by atoms with van der Waals surface area (Å²) < 4.78 is 0. The van der Waals surface area contributed by atoms with E-state index in [0.29, 0.717) is 13.1 Å². The Balaban J connectivity index is 1.78. The van der Waals surface area contributed by atoms with Gasteiger partial charge in [-0.25, -0.2) is 0 Å². The molecule has 0 spiro atoms. The van der Waals surface area contributed by atoms with Gasteiger partial charge in [0.15, 0.2) is 5.96 Å². The zero-order valence-electron chi connectivity index (χ0n) is 16.2. The third-order valence-corrected chi connectivity index (χ3v) is 4.68. The standard InChI is InChI=1S/C19H30ClN5O/c1-19(2,3)17(26)22-9-10-23-18(21-4)25-13-11-24(12-14-25)16-8-6-5-7-15(16)20/h5-8H,9-14H2,1-4H3,(H,21,23)(H,22,26). The summed E-state index contributed by atoms with van der Waals surface area (Å²) in [6, 6.07) is 7.95. The number of nitrogens with one attached hydrogen (secondary N) is 2. The molecule has 6 nitrogen and oxygen atoms in total. The minimum atomic E-state index is -0.364. The number of guanidine groups is 1. The van der Waals surface area contributed by atoms with Crippen molar-refractivity contribution in [2.24, 2.45) is 10.4 Å². The van der Waals surface area contributed by atoms with Gasteiger partial charge in [0, 0.05) is 51.7 Å². The summed E-state index contributed by atoms with van der Waals surface area (Å²) in [6.45, 7) is 10.5. The summed E-state index contributed by atoms with van der Waals surface area (Å²) in [5, 5.41) is 7.06. The van der Waals surface area contributed by atoms with E-state index in [2.05, 4.69) is 31.5 Å². The van der Waals surface area contributed by atoms with Crippen molar-refractivity contribution in [3.05, 3.63) is 29.3 Å². The molecule has 1 aromatic rings. The number of para-hydroxylation sites is 1. The van der Waals surface area contributed by atoms with E-state index in [1.165, 1.54) is 0 Å². The molecule has 1 aromatic carbocycles. The largest absolute Gasteiger partial charge is 0.367 e. The molecule has 1 saturated heterocycles. The topological polar surface area (TPSA) is 60.0 Å². The molecule has 1 amide bonds. The number of carbonyl (C=O) groups is 1. The number of anilines is 1. The maximum atomic E-state index is 11.9. The van der Waals surface area contributed by atoms with Crippen LogP contribution in [-0.4, -0.2) is 63.1 Å². The van der Waals surface area contributed by atoms with E-state index < -0.39 is 0 Å². The van der Waals surface area contributed by atoms with Crippen molar-refractivity contribution in [1.29, 1.82) is 0 Å². The zero-order chi connectivity index (χ0) is 19.2. The van der Waals surface area contributed by atoms with Crippen LogP contribution in [-0.2, 0) is 4.79 Å². The molecule has 0 unspecified atom stereocenters. The molecule has 1 fully saturated rings. The number of hydrogen-bond acceptors (Lipinski definition) is 3. The SMILES string of the molecule is CN=C(NCCNC(=O)C(C)(C)C)N1CCN(c2ccccc2Cl)CC1. The van der Waals surface area contributed by atoms with Crippen LogP contribution < -0.4 is 15.5 Å². The lowest BCUT2D eigenvalue weighted by Crippen LogP contribution is -2.53. The fraction of sp³-hybridized carbons (Fsp3) is 0.579. The van der Waals surface area contributed by atoms with Gasteiger partial charge >= 0.3 is 0 Å². The first kappa shape index (κ1) is 20.4. The Morgan fingerprint density at radius 1 is 1.12 bits per heavy atom. The molecule has 0 radical (unpaired) electrons. The first-order chi connectivity index (χ1) is 12.3. The molecule has 1 aliphatic rings. The van der Waals surface area contributed by atoms with Gasteiger partial charge in [-0.1, -0.05) is 44.5 Å². The highest BCUT2D eigenvalue weighted by Crippen LogP contribution is 2.25. The molecule has 1 heterocycles. The lowest BCUT2D eigenvalue weighted by molar-refractivity contribution is -0.128. The molecule has 0 bridgehead atoms. The molecule has 0 atom stereocenters. The number of benzene rings is 1. The zero-order valence-corrected chi connectivity index (χ0v) is 16.9. The van der Waals surface area contributed by atoms with Gasteiger partial charge in [0.2, 0.25) is 5.91 Å². The highest BCUT2D eigenvalue weighted by Gasteiger charge is 2.22. The number of carbonyl (C=O) groups excluding carboxylic acids is 1. The lowest BCUT2D eigenvalue weighted by Gasteiger charge is -2.38. The summed E-state index contributed by atoms with van der Waals surface area (Å²) in [5.74, 6) is 0.927. The Morgan fingerprint density at radius 3 is 2.31 bits per heavy atom. The molecule has 144 valence electrons. The third-order valence-electron chi connectivity index (χ3n) is 4.36. The van der Waals surface area contributed by atoms with Crippen LogP contribution in [0.1, 0.15) is 20.8 Å². The van der Waals surface area contributed by atoms with Crippen LogP contribution >= 0.6 is 11.6 Å². The third kappa shape index (κ3) is 5.53. The molecule has 7 heteroatoms.